The Bertz CT molecular complexity index is 285. The molecule has 0 bridgehead atoms. The van der Waals surface area contributed by atoms with Gasteiger partial charge in [-0.1, -0.05) is 64.2 Å². The molecule has 3 fully saturated rings. The summed E-state index contributed by atoms with van der Waals surface area (Å²) in [5.41, 5.74) is 0.220. The number of nitrogens with one attached hydrogen (secondary N) is 1. The third kappa shape index (κ3) is 3.76. The van der Waals surface area contributed by atoms with E-state index in [1.54, 1.807) is 0 Å². The minimum absolute atomic E-state index is 0.220. The van der Waals surface area contributed by atoms with E-state index in [1.807, 2.05) is 0 Å². The van der Waals surface area contributed by atoms with E-state index >= 15 is 0 Å². The van der Waals surface area contributed by atoms with Crippen molar-refractivity contribution in [3.05, 3.63) is 0 Å². The molecule has 3 aliphatic rings. The van der Waals surface area contributed by atoms with E-state index < -0.39 is 0 Å². The van der Waals surface area contributed by atoms with Crippen LogP contribution >= 0.6 is 0 Å². The molecule has 2 saturated carbocycles. The molecule has 1 N–H and O–H groups in total. The average molecular weight is 279 g/mol. The maximum Gasteiger partial charge on any atom is 0.0810 e. The van der Waals surface area contributed by atoms with Gasteiger partial charge in [-0.2, -0.15) is 0 Å². The summed E-state index contributed by atoms with van der Waals surface area (Å²) in [6.45, 7) is 1.12. The van der Waals surface area contributed by atoms with Crippen molar-refractivity contribution in [2.75, 3.05) is 6.54 Å². The van der Waals surface area contributed by atoms with Crippen LogP contribution in [0.1, 0.15) is 89.9 Å². The van der Waals surface area contributed by atoms with Crippen molar-refractivity contribution >= 4 is 0 Å². The van der Waals surface area contributed by atoms with Crippen molar-refractivity contribution in [1.29, 1.82) is 0 Å². The summed E-state index contributed by atoms with van der Waals surface area (Å²) in [5.74, 6) is 0. The molecule has 2 atom stereocenters. The summed E-state index contributed by atoms with van der Waals surface area (Å²) in [7, 11) is 0. The fraction of sp³-hybridized carbons (Fsp3) is 1.00. The average Bonchev–Trinajstić information content (AvgIpc) is 2.89. The molecule has 116 valence electrons. The second-order valence-corrected chi connectivity index (χ2v) is 7.44. The summed E-state index contributed by atoms with van der Waals surface area (Å²) in [4.78, 5) is 0. The lowest BCUT2D eigenvalue weighted by molar-refractivity contribution is -0.135. The molecule has 0 radical (unpaired) electrons. The first-order valence-corrected chi connectivity index (χ1v) is 9.29. The summed E-state index contributed by atoms with van der Waals surface area (Å²) < 4.78 is 6.68. The predicted molar refractivity (Wildman–Crippen MR) is 84.0 cm³/mol. The van der Waals surface area contributed by atoms with E-state index in [4.69, 9.17) is 4.74 Å². The first kappa shape index (κ1) is 14.8. The highest BCUT2D eigenvalue weighted by molar-refractivity contribution is 4.96. The van der Waals surface area contributed by atoms with Crippen LogP contribution in [0.2, 0.25) is 0 Å². The van der Waals surface area contributed by atoms with Gasteiger partial charge in [0.05, 0.1) is 11.7 Å². The van der Waals surface area contributed by atoms with Crippen molar-refractivity contribution in [3.63, 3.8) is 0 Å². The first-order chi connectivity index (χ1) is 9.88. The lowest BCUT2D eigenvalue weighted by Crippen LogP contribution is -2.58. The van der Waals surface area contributed by atoms with Crippen LogP contribution in [0.3, 0.4) is 0 Å². The molecule has 1 aliphatic heterocycles. The fourth-order valence-corrected chi connectivity index (χ4v) is 4.53. The van der Waals surface area contributed by atoms with Crippen molar-refractivity contribution in [3.8, 4) is 0 Å². The zero-order chi connectivity index (χ0) is 13.7. The SMILES string of the molecule is C1CCCCCC2OC3(CCCC3)CNC2CCCC1. The molecule has 1 heterocycles. The smallest absolute Gasteiger partial charge is 0.0810 e. The Kier molecular flexibility index (Phi) is 5.39. The van der Waals surface area contributed by atoms with Crippen LogP contribution in [0, 0.1) is 0 Å². The van der Waals surface area contributed by atoms with Crippen LogP contribution in [0.4, 0.5) is 0 Å². The highest BCUT2D eigenvalue weighted by Gasteiger charge is 2.42. The Labute approximate surface area is 125 Å². The van der Waals surface area contributed by atoms with Crippen LogP contribution in [0.5, 0.6) is 0 Å². The molecule has 2 unspecified atom stereocenters. The van der Waals surface area contributed by atoms with Crippen LogP contribution in [-0.2, 0) is 4.74 Å². The number of hydrogen-bond acceptors (Lipinski definition) is 2. The van der Waals surface area contributed by atoms with E-state index in [0.717, 1.165) is 6.54 Å². The standard InChI is InChI=1S/C18H33NO/c1-2-4-6-8-12-17-16(11-7-5-3-1)19-15-18(20-17)13-9-10-14-18/h16-17,19H,1-15H2. The summed E-state index contributed by atoms with van der Waals surface area (Å²) in [5, 5.41) is 3.88. The van der Waals surface area contributed by atoms with Gasteiger partial charge in [0.25, 0.3) is 0 Å². The van der Waals surface area contributed by atoms with Gasteiger partial charge in [0.1, 0.15) is 0 Å². The quantitative estimate of drug-likeness (QED) is 0.701. The number of rotatable bonds is 0. The van der Waals surface area contributed by atoms with Gasteiger partial charge in [0, 0.05) is 12.6 Å². The van der Waals surface area contributed by atoms with E-state index in [2.05, 4.69) is 5.32 Å². The van der Waals surface area contributed by atoms with E-state index in [-0.39, 0.29) is 5.60 Å². The molecule has 3 rings (SSSR count). The number of fused-ring (bicyclic) bond motifs is 1. The molecule has 0 aromatic carbocycles. The van der Waals surface area contributed by atoms with Gasteiger partial charge in [-0.3, -0.25) is 0 Å². The predicted octanol–water partition coefficient (Wildman–Crippen LogP) is 4.57. The highest BCUT2D eigenvalue weighted by atomic mass is 16.5. The van der Waals surface area contributed by atoms with Gasteiger partial charge >= 0.3 is 0 Å². The third-order valence-corrected chi connectivity index (χ3v) is 5.81. The molecule has 1 saturated heterocycles. The van der Waals surface area contributed by atoms with E-state index in [1.165, 1.54) is 89.9 Å². The summed E-state index contributed by atoms with van der Waals surface area (Å²) in [6, 6.07) is 0.639. The van der Waals surface area contributed by atoms with E-state index in [0.29, 0.717) is 12.1 Å². The van der Waals surface area contributed by atoms with E-state index in [9.17, 15) is 0 Å². The van der Waals surface area contributed by atoms with Crippen molar-refractivity contribution in [2.45, 2.75) is 108 Å². The Balaban J connectivity index is 1.58. The molecule has 2 nitrogen and oxygen atoms in total. The zero-order valence-corrected chi connectivity index (χ0v) is 13.2. The van der Waals surface area contributed by atoms with Crippen LogP contribution in [0.25, 0.3) is 0 Å². The van der Waals surface area contributed by atoms with Gasteiger partial charge < -0.3 is 10.1 Å². The van der Waals surface area contributed by atoms with Crippen LogP contribution in [-0.4, -0.2) is 24.3 Å². The largest absolute Gasteiger partial charge is 0.369 e. The van der Waals surface area contributed by atoms with Gasteiger partial charge in [-0.05, 0) is 25.7 Å². The van der Waals surface area contributed by atoms with Gasteiger partial charge in [-0.25, -0.2) is 0 Å². The molecular weight excluding hydrogens is 246 g/mol. The van der Waals surface area contributed by atoms with Crippen molar-refractivity contribution < 1.29 is 4.74 Å². The molecule has 2 heteroatoms. The monoisotopic (exact) mass is 279 g/mol. The molecule has 0 aromatic rings. The molecule has 0 aromatic heterocycles. The molecule has 0 amide bonds. The Morgan fingerprint density at radius 2 is 1.30 bits per heavy atom. The Morgan fingerprint density at radius 3 is 2.00 bits per heavy atom. The normalized spacial score (nSPS) is 36.0. The molecule has 1 spiro atoms. The summed E-state index contributed by atoms with van der Waals surface area (Å²) >= 11 is 0. The van der Waals surface area contributed by atoms with Gasteiger partial charge in [0.2, 0.25) is 0 Å². The maximum absolute atomic E-state index is 6.68. The van der Waals surface area contributed by atoms with Crippen molar-refractivity contribution in [2.24, 2.45) is 0 Å². The second kappa shape index (κ2) is 7.26. The first-order valence-electron chi connectivity index (χ1n) is 9.29. The zero-order valence-electron chi connectivity index (χ0n) is 13.2. The molecule has 2 aliphatic carbocycles. The number of ether oxygens (including phenoxy) is 1. The fourth-order valence-electron chi connectivity index (χ4n) is 4.53. The Morgan fingerprint density at radius 1 is 0.700 bits per heavy atom. The molecular formula is C18H33NO. The minimum atomic E-state index is 0.220. The lowest BCUT2D eigenvalue weighted by atomic mass is 9.90. The van der Waals surface area contributed by atoms with Gasteiger partial charge in [0.15, 0.2) is 0 Å². The van der Waals surface area contributed by atoms with Crippen LogP contribution in [0.15, 0.2) is 0 Å². The Hall–Kier alpha value is -0.0800. The number of hydrogen-bond donors (Lipinski definition) is 1. The minimum Gasteiger partial charge on any atom is -0.369 e. The van der Waals surface area contributed by atoms with Crippen LogP contribution < -0.4 is 5.32 Å². The second-order valence-electron chi connectivity index (χ2n) is 7.44. The maximum atomic E-state index is 6.68. The molecule has 20 heavy (non-hydrogen) atoms. The van der Waals surface area contributed by atoms with Gasteiger partial charge in [-0.15, -0.1) is 0 Å². The third-order valence-electron chi connectivity index (χ3n) is 5.81. The van der Waals surface area contributed by atoms with Crippen molar-refractivity contribution in [1.82, 2.24) is 5.32 Å². The topological polar surface area (TPSA) is 21.3 Å². The summed E-state index contributed by atoms with van der Waals surface area (Å²) in [6.07, 6.45) is 19.9. The highest BCUT2D eigenvalue weighted by Crippen LogP contribution is 2.38. The lowest BCUT2D eigenvalue weighted by Gasteiger charge is -2.44. The number of morpholine rings is 1.